The van der Waals surface area contributed by atoms with E-state index in [1.807, 2.05) is 13.8 Å². The summed E-state index contributed by atoms with van der Waals surface area (Å²) in [5, 5.41) is 21.0. The molecule has 20 heavy (non-hydrogen) atoms. The van der Waals surface area contributed by atoms with E-state index >= 15 is 0 Å². The van der Waals surface area contributed by atoms with Gasteiger partial charge in [0.2, 0.25) is 5.91 Å². The standard InChI is InChI=1S/C12H21N3O5/c1-6(2)3-8(14-12(13)20)10(17)15-5-7(16)4-9(15)11(18)19/h6-9,16H,3-5H2,1-2H3,(H,18,19)(H3,13,14,20)/t7-,8?,9-/m1/s1. The molecule has 3 atom stereocenters. The van der Waals surface area contributed by atoms with Gasteiger partial charge in [0, 0.05) is 13.0 Å². The smallest absolute Gasteiger partial charge is 0.326 e. The Bertz CT molecular complexity index is 399. The summed E-state index contributed by atoms with van der Waals surface area (Å²) in [6.07, 6.45) is -0.527. The molecule has 0 aromatic carbocycles. The van der Waals surface area contributed by atoms with E-state index in [9.17, 15) is 19.5 Å². The number of aliphatic hydroxyl groups excluding tert-OH is 1. The van der Waals surface area contributed by atoms with E-state index in [0.717, 1.165) is 4.90 Å². The van der Waals surface area contributed by atoms with E-state index in [1.54, 1.807) is 0 Å². The molecule has 1 unspecified atom stereocenters. The van der Waals surface area contributed by atoms with Gasteiger partial charge in [0.15, 0.2) is 0 Å². The van der Waals surface area contributed by atoms with Crippen molar-refractivity contribution in [3.8, 4) is 0 Å². The molecule has 114 valence electrons. The number of hydrogen-bond acceptors (Lipinski definition) is 4. The molecule has 0 saturated carbocycles. The van der Waals surface area contributed by atoms with E-state index in [0.29, 0.717) is 6.42 Å². The van der Waals surface area contributed by atoms with Gasteiger partial charge >= 0.3 is 12.0 Å². The number of carboxylic acids is 1. The van der Waals surface area contributed by atoms with Gasteiger partial charge in [-0.3, -0.25) is 4.79 Å². The summed E-state index contributed by atoms with van der Waals surface area (Å²) in [5.41, 5.74) is 5.04. The Labute approximate surface area is 116 Å². The van der Waals surface area contributed by atoms with Crippen LogP contribution in [0.25, 0.3) is 0 Å². The lowest BCUT2D eigenvalue weighted by Gasteiger charge is -2.27. The minimum Gasteiger partial charge on any atom is -0.480 e. The van der Waals surface area contributed by atoms with Crippen molar-refractivity contribution in [2.24, 2.45) is 11.7 Å². The molecule has 1 heterocycles. The molecule has 8 heteroatoms. The summed E-state index contributed by atoms with van der Waals surface area (Å²) < 4.78 is 0. The second kappa shape index (κ2) is 6.56. The van der Waals surface area contributed by atoms with Crippen molar-refractivity contribution in [1.29, 1.82) is 0 Å². The topological polar surface area (TPSA) is 133 Å². The predicted octanol–water partition coefficient (Wildman–Crippen LogP) is -0.884. The van der Waals surface area contributed by atoms with Crippen LogP contribution < -0.4 is 11.1 Å². The Hall–Kier alpha value is -1.83. The minimum absolute atomic E-state index is 0.00789. The zero-order valence-corrected chi connectivity index (χ0v) is 11.6. The fourth-order valence-electron chi connectivity index (χ4n) is 2.36. The molecule has 8 nitrogen and oxygen atoms in total. The van der Waals surface area contributed by atoms with Gasteiger partial charge in [-0.1, -0.05) is 13.8 Å². The van der Waals surface area contributed by atoms with Gasteiger partial charge < -0.3 is 26.2 Å². The van der Waals surface area contributed by atoms with Gasteiger partial charge in [-0.25, -0.2) is 9.59 Å². The van der Waals surface area contributed by atoms with Crippen LogP contribution >= 0.6 is 0 Å². The number of carboxylic acid groups (broad SMARTS) is 1. The molecule has 3 amide bonds. The van der Waals surface area contributed by atoms with Crippen molar-refractivity contribution < 1.29 is 24.6 Å². The molecule has 0 aromatic heterocycles. The van der Waals surface area contributed by atoms with Crippen LogP contribution in [0.2, 0.25) is 0 Å². The maximum absolute atomic E-state index is 12.4. The fraction of sp³-hybridized carbons (Fsp3) is 0.750. The predicted molar refractivity (Wildman–Crippen MR) is 69.7 cm³/mol. The maximum Gasteiger partial charge on any atom is 0.326 e. The van der Waals surface area contributed by atoms with Crippen LogP contribution in [0.15, 0.2) is 0 Å². The molecule has 0 bridgehead atoms. The fourth-order valence-corrected chi connectivity index (χ4v) is 2.36. The second-order valence-electron chi connectivity index (χ2n) is 5.42. The molecule has 1 saturated heterocycles. The number of amides is 3. The SMILES string of the molecule is CC(C)CC(NC(N)=O)C(=O)N1C[C@H](O)C[C@@H]1C(=O)O. The molecule has 1 fully saturated rings. The van der Waals surface area contributed by atoms with E-state index < -0.39 is 36.1 Å². The quantitative estimate of drug-likeness (QED) is 0.521. The summed E-state index contributed by atoms with van der Waals surface area (Å²) in [6, 6.07) is -2.78. The molecule has 0 spiro atoms. The van der Waals surface area contributed by atoms with E-state index in [1.165, 1.54) is 0 Å². The molecule has 1 aliphatic rings. The van der Waals surface area contributed by atoms with E-state index in [2.05, 4.69) is 5.32 Å². The molecular weight excluding hydrogens is 266 g/mol. The van der Waals surface area contributed by atoms with Crippen molar-refractivity contribution in [2.45, 2.75) is 44.9 Å². The third-order valence-corrected chi connectivity index (χ3v) is 3.17. The summed E-state index contributed by atoms with van der Waals surface area (Å²) in [4.78, 5) is 35.5. The number of rotatable bonds is 5. The van der Waals surface area contributed by atoms with Gasteiger partial charge in [-0.2, -0.15) is 0 Å². The van der Waals surface area contributed by atoms with Gasteiger partial charge in [0.25, 0.3) is 0 Å². The number of aliphatic carboxylic acids is 1. The minimum atomic E-state index is -1.17. The normalized spacial score (nSPS) is 23.7. The Morgan fingerprint density at radius 1 is 1.40 bits per heavy atom. The molecule has 1 aliphatic heterocycles. The third kappa shape index (κ3) is 4.09. The third-order valence-electron chi connectivity index (χ3n) is 3.17. The zero-order valence-electron chi connectivity index (χ0n) is 11.6. The number of hydrogen-bond donors (Lipinski definition) is 4. The van der Waals surface area contributed by atoms with Gasteiger partial charge in [0.1, 0.15) is 12.1 Å². The molecular formula is C12H21N3O5. The summed E-state index contributed by atoms with van der Waals surface area (Å²) in [7, 11) is 0. The van der Waals surface area contributed by atoms with Gasteiger partial charge in [0.05, 0.1) is 6.10 Å². The van der Waals surface area contributed by atoms with Crippen LogP contribution in [0.5, 0.6) is 0 Å². The number of urea groups is 1. The number of nitrogens with one attached hydrogen (secondary N) is 1. The van der Waals surface area contributed by atoms with Crippen molar-refractivity contribution >= 4 is 17.9 Å². The van der Waals surface area contributed by atoms with Crippen molar-refractivity contribution in [2.75, 3.05) is 6.54 Å². The lowest BCUT2D eigenvalue weighted by Crippen LogP contribution is -2.53. The molecule has 0 aromatic rings. The highest BCUT2D eigenvalue weighted by Crippen LogP contribution is 2.20. The number of aliphatic hydroxyl groups is 1. The Kier molecular flexibility index (Phi) is 5.32. The highest BCUT2D eigenvalue weighted by molar-refractivity contribution is 5.90. The number of primary amides is 1. The number of carbonyl (C=O) groups excluding carboxylic acids is 2. The van der Waals surface area contributed by atoms with Crippen LogP contribution in [0, 0.1) is 5.92 Å². The monoisotopic (exact) mass is 287 g/mol. The van der Waals surface area contributed by atoms with Gasteiger partial charge in [-0.15, -0.1) is 0 Å². The van der Waals surface area contributed by atoms with E-state index in [4.69, 9.17) is 10.8 Å². The van der Waals surface area contributed by atoms with Crippen LogP contribution in [-0.4, -0.2) is 57.8 Å². The number of β-amino-alcohol motifs (C(OH)–C–C–N with tert-alkyl or cyclic N) is 1. The van der Waals surface area contributed by atoms with Crippen molar-refractivity contribution in [3.63, 3.8) is 0 Å². The van der Waals surface area contributed by atoms with Crippen LogP contribution in [-0.2, 0) is 9.59 Å². The summed E-state index contributed by atoms with van der Waals surface area (Å²) in [5.74, 6) is -1.58. The highest BCUT2D eigenvalue weighted by atomic mass is 16.4. The van der Waals surface area contributed by atoms with E-state index in [-0.39, 0.29) is 18.9 Å². The molecule has 0 aliphatic carbocycles. The molecule has 1 rings (SSSR count). The number of nitrogens with two attached hydrogens (primary N) is 1. The number of carbonyl (C=O) groups is 3. The number of nitrogens with zero attached hydrogens (tertiary/aromatic N) is 1. The highest BCUT2D eigenvalue weighted by Gasteiger charge is 2.41. The first-order valence-electron chi connectivity index (χ1n) is 6.49. The second-order valence-corrected chi connectivity index (χ2v) is 5.42. The van der Waals surface area contributed by atoms with Crippen molar-refractivity contribution in [1.82, 2.24) is 10.2 Å². The summed E-state index contributed by atoms with van der Waals surface area (Å²) in [6.45, 7) is 3.69. The average molecular weight is 287 g/mol. The zero-order chi connectivity index (χ0) is 15.4. The molecule has 5 N–H and O–H groups in total. The summed E-state index contributed by atoms with van der Waals surface area (Å²) >= 11 is 0. The van der Waals surface area contributed by atoms with Crippen LogP contribution in [0.1, 0.15) is 26.7 Å². The van der Waals surface area contributed by atoms with Gasteiger partial charge in [-0.05, 0) is 12.3 Å². The first kappa shape index (κ1) is 16.2. The average Bonchev–Trinajstić information content (AvgIpc) is 2.68. The number of likely N-dealkylation sites (tertiary alicyclic amines) is 1. The Balaban J connectivity index is 2.86. The van der Waals surface area contributed by atoms with Crippen LogP contribution in [0.3, 0.4) is 0 Å². The lowest BCUT2D eigenvalue weighted by atomic mass is 10.0. The lowest BCUT2D eigenvalue weighted by molar-refractivity contribution is -0.149. The largest absolute Gasteiger partial charge is 0.480 e. The van der Waals surface area contributed by atoms with Crippen LogP contribution in [0.4, 0.5) is 4.79 Å². The van der Waals surface area contributed by atoms with Crippen molar-refractivity contribution in [3.05, 3.63) is 0 Å². The molecule has 0 radical (unpaired) electrons. The first-order valence-corrected chi connectivity index (χ1v) is 6.49. The first-order chi connectivity index (χ1) is 9.22. The Morgan fingerprint density at radius 3 is 2.45 bits per heavy atom. The maximum atomic E-state index is 12.4. The Morgan fingerprint density at radius 2 is 2.00 bits per heavy atom.